The summed E-state index contributed by atoms with van der Waals surface area (Å²) in [6.45, 7) is 0. The Morgan fingerprint density at radius 2 is 1.68 bits per heavy atom. The first-order valence-corrected chi connectivity index (χ1v) is 12.5. The van der Waals surface area contributed by atoms with Gasteiger partial charge in [0.15, 0.2) is 11.6 Å². The van der Waals surface area contributed by atoms with Gasteiger partial charge in [0.25, 0.3) is 11.1 Å². The standard InChI is InChI=1S/C24H17F3N2OS.C4H4N2O/c1-31-19-8-5-16(6-9-19)21-14-28-29(18-7-10-22(26)23(27)13-18)24(30)20(21)12-15-3-2-4-17(25)11-15;7-4-2-1-3-5-6-4/h2-11,13-14H,12H2,1H3;1-3H,(H,6,7). The van der Waals surface area contributed by atoms with Crippen molar-refractivity contribution in [3.8, 4) is 16.8 Å². The highest BCUT2D eigenvalue weighted by atomic mass is 32.2. The minimum absolute atomic E-state index is 0.105. The summed E-state index contributed by atoms with van der Waals surface area (Å²) in [5.74, 6) is -2.49. The summed E-state index contributed by atoms with van der Waals surface area (Å²) in [6.07, 6.45) is 5.16. The molecule has 0 spiro atoms. The molecule has 0 saturated carbocycles. The molecule has 1 N–H and O–H groups in total. The van der Waals surface area contributed by atoms with Gasteiger partial charge >= 0.3 is 0 Å². The molecule has 192 valence electrons. The molecule has 0 saturated heterocycles. The molecule has 0 aliphatic rings. The summed E-state index contributed by atoms with van der Waals surface area (Å²) in [7, 11) is 0. The van der Waals surface area contributed by atoms with E-state index in [1.54, 1.807) is 30.0 Å². The molecule has 3 aromatic carbocycles. The SMILES string of the molecule is CSc1ccc(-c2cnn(-c3ccc(F)c(F)c3)c(=O)c2Cc2cccc(F)c2)cc1.O=c1cccn[nH]1. The van der Waals surface area contributed by atoms with E-state index in [9.17, 15) is 22.8 Å². The smallest absolute Gasteiger partial charge is 0.268 e. The van der Waals surface area contributed by atoms with E-state index in [0.717, 1.165) is 27.3 Å². The molecule has 38 heavy (non-hydrogen) atoms. The highest BCUT2D eigenvalue weighted by molar-refractivity contribution is 7.98. The fraction of sp³-hybridized carbons (Fsp3) is 0.0714. The second-order valence-corrected chi connectivity index (χ2v) is 8.88. The van der Waals surface area contributed by atoms with Crippen LogP contribution in [0.3, 0.4) is 0 Å². The molecule has 0 radical (unpaired) electrons. The molecule has 2 aromatic heterocycles. The Kier molecular flexibility index (Phi) is 8.55. The average Bonchev–Trinajstić information content (AvgIpc) is 2.92. The van der Waals surface area contributed by atoms with Gasteiger partial charge in [-0.05, 0) is 59.8 Å². The molecule has 10 heteroatoms. The molecule has 0 amide bonds. The summed E-state index contributed by atoms with van der Waals surface area (Å²) >= 11 is 1.60. The van der Waals surface area contributed by atoms with Gasteiger partial charge in [0.05, 0.1) is 11.9 Å². The number of nitrogens with zero attached hydrogens (tertiary/aromatic N) is 3. The summed E-state index contributed by atoms with van der Waals surface area (Å²) in [4.78, 5) is 24.6. The third-order valence-corrected chi connectivity index (χ3v) is 6.22. The first-order chi connectivity index (χ1) is 18.4. The van der Waals surface area contributed by atoms with Crippen molar-refractivity contribution in [2.45, 2.75) is 11.3 Å². The van der Waals surface area contributed by atoms with Gasteiger partial charge in [0.2, 0.25) is 0 Å². The number of nitrogens with one attached hydrogen (secondary N) is 1. The number of hydrogen-bond donors (Lipinski definition) is 1. The van der Waals surface area contributed by atoms with Crippen molar-refractivity contribution in [2.24, 2.45) is 0 Å². The maximum absolute atomic E-state index is 13.7. The van der Waals surface area contributed by atoms with E-state index in [2.05, 4.69) is 15.3 Å². The van der Waals surface area contributed by atoms with Crippen LogP contribution in [0.25, 0.3) is 16.8 Å². The van der Waals surface area contributed by atoms with E-state index in [1.807, 2.05) is 30.5 Å². The Labute approximate surface area is 219 Å². The van der Waals surface area contributed by atoms with E-state index >= 15 is 0 Å². The zero-order chi connectivity index (χ0) is 27.1. The second-order valence-electron chi connectivity index (χ2n) is 8.00. The van der Waals surface area contributed by atoms with Crippen LogP contribution in [-0.2, 0) is 6.42 Å². The topological polar surface area (TPSA) is 80.6 Å². The maximum Gasteiger partial charge on any atom is 0.275 e. The minimum Gasteiger partial charge on any atom is -0.268 e. The van der Waals surface area contributed by atoms with Crippen molar-refractivity contribution >= 4 is 11.8 Å². The van der Waals surface area contributed by atoms with E-state index in [-0.39, 0.29) is 17.7 Å². The third kappa shape index (κ3) is 6.46. The van der Waals surface area contributed by atoms with Gasteiger partial charge in [-0.1, -0.05) is 24.3 Å². The molecule has 0 fully saturated rings. The number of benzene rings is 3. The fourth-order valence-corrected chi connectivity index (χ4v) is 4.05. The van der Waals surface area contributed by atoms with E-state index in [1.165, 1.54) is 36.7 Å². The van der Waals surface area contributed by atoms with Gasteiger partial charge in [-0.15, -0.1) is 11.8 Å². The minimum atomic E-state index is -1.07. The highest BCUT2D eigenvalue weighted by Gasteiger charge is 2.16. The molecule has 0 aliphatic heterocycles. The van der Waals surface area contributed by atoms with Crippen LogP contribution in [0, 0.1) is 17.5 Å². The van der Waals surface area contributed by atoms with Crippen LogP contribution in [0.15, 0.2) is 106 Å². The monoisotopic (exact) mass is 534 g/mol. The number of hydrogen-bond acceptors (Lipinski definition) is 5. The van der Waals surface area contributed by atoms with Crippen LogP contribution in [0.5, 0.6) is 0 Å². The summed E-state index contributed by atoms with van der Waals surface area (Å²) in [5.41, 5.74) is 1.83. The van der Waals surface area contributed by atoms with E-state index < -0.39 is 23.0 Å². The number of H-pyrrole nitrogens is 1. The van der Waals surface area contributed by atoms with Crippen LogP contribution in [0.4, 0.5) is 13.2 Å². The fourth-order valence-electron chi connectivity index (χ4n) is 3.64. The van der Waals surface area contributed by atoms with E-state index in [0.29, 0.717) is 16.7 Å². The first kappa shape index (κ1) is 26.6. The molecule has 5 aromatic rings. The summed E-state index contributed by atoms with van der Waals surface area (Å²) in [5, 5.41) is 9.87. The van der Waals surface area contributed by atoms with Gasteiger partial charge in [0, 0.05) is 40.8 Å². The number of aromatic amines is 1. The molecule has 2 heterocycles. The van der Waals surface area contributed by atoms with Crippen LogP contribution in [-0.4, -0.2) is 26.2 Å². The largest absolute Gasteiger partial charge is 0.275 e. The molecular formula is C28H21F3N4O2S. The number of aromatic nitrogens is 4. The molecule has 0 unspecified atom stereocenters. The van der Waals surface area contributed by atoms with E-state index in [4.69, 9.17) is 0 Å². The highest BCUT2D eigenvalue weighted by Crippen LogP contribution is 2.26. The third-order valence-electron chi connectivity index (χ3n) is 5.48. The van der Waals surface area contributed by atoms with Crippen LogP contribution < -0.4 is 11.1 Å². The predicted octanol–water partition coefficient (Wildman–Crippen LogP) is 5.40. The molecule has 0 atom stereocenters. The Balaban J connectivity index is 0.000000417. The van der Waals surface area contributed by atoms with Gasteiger partial charge in [-0.25, -0.2) is 18.3 Å². The van der Waals surface area contributed by atoms with Crippen molar-refractivity contribution in [1.82, 2.24) is 20.0 Å². The van der Waals surface area contributed by atoms with Gasteiger partial charge in [-0.2, -0.15) is 14.9 Å². The lowest BCUT2D eigenvalue weighted by Crippen LogP contribution is -2.26. The first-order valence-electron chi connectivity index (χ1n) is 11.3. The molecular weight excluding hydrogens is 513 g/mol. The quantitative estimate of drug-likeness (QED) is 0.306. The second kappa shape index (κ2) is 12.2. The lowest BCUT2D eigenvalue weighted by atomic mass is 9.97. The zero-order valence-corrected chi connectivity index (χ0v) is 20.9. The van der Waals surface area contributed by atoms with Crippen molar-refractivity contribution in [1.29, 1.82) is 0 Å². The molecule has 5 rings (SSSR count). The van der Waals surface area contributed by atoms with Gasteiger partial charge < -0.3 is 0 Å². The number of rotatable bonds is 5. The Hall–Kier alpha value is -4.44. The van der Waals surface area contributed by atoms with Crippen LogP contribution in [0.1, 0.15) is 11.1 Å². The normalized spacial score (nSPS) is 10.5. The Morgan fingerprint density at radius 3 is 2.29 bits per heavy atom. The van der Waals surface area contributed by atoms with Crippen molar-refractivity contribution in [2.75, 3.05) is 6.26 Å². The van der Waals surface area contributed by atoms with Gasteiger partial charge in [0.1, 0.15) is 5.82 Å². The lowest BCUT2D eigenvalue weighted by molar-refractivity contribution is 0.507. The maximum atomic E-state index is 13.7. The molecule has 0 bridgehead atoms. The predicted molar refractivity (Wildman–Crippen MR) is 141 cm³/mol. The van der Waals surface area contributed by atoms with Gasteiger partial charge in [-0.3, -0.25) is 9.59 Å². The van der Waals surface area contributed by atoms with Crippen molar-refractivity contribution in [3.05, 3.63) is 141 Å². The number of thioether (sulfide) groups is 1. The number of halogens is 3. The zero-order valence-electron chi connectivity index (χ0n) is 20.1. The summed E-state index contributed by atoms with van der Waals surface area (Å²) in [6, 6.07) is 19.8. The van der Waals surface area contributed by atoms with Crippen molar-refractivity contribution < 1.29 is 13.2 Å². The Morgan fingerprint density at radius 1 is 0.895 bits per heavy atom. The van der Waals surface area contributed by atoms with Crippen LogP contribution >= 0.6 is 11.8 Å². The Bertz CT molecular complexity index is 1650. The lowest BCUT2D eigenvalue weighted by Gasteiger charge is -2.13. The van der Waals surface area contributed by atoms with Crippen LogP contribution in [0.2, 0.25) is 0 Å². The average molecular weight is 535 g/mol. The molecule has 0 aliphatic carbocycles. The summed E-state index contributed by atoms with van der Waals surface area (Å²) < 4.78 is 41.8. The molecule has 6 nitrogen and oxygen atoms in total. The van der Waals surface area contributed by atoms with Crippen molar-refractivity contribution in [3.63, 3.8) is 0 Å².